The number of hydrogen-bond acceptors (Lipinski definition) is 5. The zero-order valence-electron chi connectivity index (χ0n) is 20.2. The number of benzene rings is 2. The number of amides is 1. The van der Waals surface area contributed by atoms with E-state index in [4.69, 9.17) is 4.99 Å². The molecule has 1 aliphatic rings. The first-order valence-corrected chi connectivity index (χ1v) is 15.6. The molecule has 8 heteroatoms. The van der Waals surface area contributed by atoms with Crippen LogP contribution < -0.4 is 5.32 Å². The second-order valence-electron chi connectivity index (χ2n) is 9.01. The topological polar surface area (TPSA) is 61.7 Å². The molecule has 2 aromatic rings. The van der Waals surface area contributed by atoms with Gasteiger partial charge in [-0.1, -0.05) is 39.0 Å². The van der Waals surface area contributed by atoms with Gasteiger partial charge in [-0.2, -0.15) is 0 Å². The maximum Gasteiger partial charge on any atom is 0.251 e. The van der Waals surface area contributed by atoms with Crippen molar-refractivity contribution >= 4 is 48.7 Å². The summed E-state index contributed by atoms with van der Waals surface area (Å²) in [6.45, 7) is 7.74. The van der Waals surface area contributed by atoms with E-state index in [0.717, 1.165) is 28.2 Å². The number of nitrogens with one attached hydrogen (secondary N) is 1. The zero-order chi connectivity index (χ0) is 25.1. The number of rotatable bonds is 10. The van der Waals surface area contributed by atoms with E-state index in [-0.39, 0.29) is 18.4 Å². The predicted octanol–water partition coefficient (Wildman–Crippen LogP) is 6.95. The lowest BCUT2D eigenvalue weighted by molar-refractivity contribution is 0.0916. The van der Waals surface area contributed by atoms with Crippen LogP contribution in [0.3, 0.4) is 0 Å². The van der Waals surface area contributed by atoms with Crippen molar-refractivity contribution in [2.75, 3.05) is 12.4 Å². The fraction of sp³-hybridized carbons (Fsp3) is 0.462. The molecule has 0 aromatic heterocycles. The number of aliphatic hydroxyl groups excluding tert-OH is 1. The van der Waals surface area contributed by atoms with E-state index < -0.39 is 19.8 Å². The molecule has 1 saturated carbocycles. The first-order chi connectivity index (χ1) is 16.0. The van der Waals surface area contributed by atoms with Gasteiger partial charge in [0.2, 0.25) is 0 Å². The Morgan fingerprint density at radius 2 is 1.85 bits per heavy atom. The van der Waals surface area contributed by atoms with Crippen molar-refractivity contribution < 1.29 is 14.3 Å². The molecule has 0 saturated heterocycles. The molecule has 186 valence electrons. The van der Waals surface area contributed by atoms with Gasteiger partial charge in [-0.05, 0) is 73.2 Å². The van der Waals surface area contributed by atoms with Gasteiger partial charge in [0.1, 0.15) is 5.67 Å². The molecule has 2 N–H and O–H groups in total. The number of carbonyl (C=O) groups excluding carboxylic acids is 1. The average Bonchev–Trinajstić information content (AvgIpc) is 3.59. The molecule has 0 radical (unpaired) electrons. The van der Waals surface area contributed by atoms with Gasteiger partial charge >= 0.3 is 0 Å². The Labute approximate surface area is 213 Å². The molecule has 2 aromatic carbocycles. The highest BCUT2D eigenvalue weighted by Gasteiger charge is 2.49. The smallest absolute Gasteiger partial charge is 0.251 e. The molecule has 2 atom stereocenters. The Hall–Kier alpha value is -1.48. The molecule has 0 aliphatic heterocycles. The molecule has 0 heterocycles. The van der Waals surface area contributed by atoms with Crippen LogP contribution in [0.2, 0.25) is 0 Å². The van der Waals surface area contributed by atoms with Gasteiger partial charge in [0, 0.05) is 10.5 Å². The molecule has 0 spiro atoms. The molecule has 3 rings (SSSR count). The lowest BCUT2D eigenvalue weighted by atomic mass is 9.97. The summed E-state index contributed by atoms with van der Waals surface area (Å²) < 4.78 is 15.0. The van der Waals surface area contributed by atoms with Crippen molar-refractivity contribution in [2.45, 2.75) is 63.6 Å². The monoisotopic (exact) mass is 522 g/mol. The summed E-state index contributed by atoms with van der Waals surface area (Å²) >= 11 is 9.33. The summed E-state index contributed by atoms with van der Waals surface area (Å²) in [5.41, 5.74) is 1.97. The average molecular weight is 523 g/mol. The van der Waals surface area contributed by atoms with Crippen LogP contribution in [0.15, 0.2) is 52.4 Å². The van der Waals surface area contributed by atoms with Crippen LogP contribution in [0.1, 0.15) is 67.6 Å². The van der Waals surface area contributed by atoms with Crippen LogP contribution in [0, 0.1) is 12.8 Å². The van der Waals surface area contributed by atoms with Crippen molar-refractivity contribution in [3.05, 3.63) is 59.2 Å². The Bertz CT molecular complexity index is 1050. The number of aryl methyl sites for hydroxylation is 1. The number of hydrogen-bond donors (Lipinski definition) is 4. The van der Waals surface area contributed by atoms with E-state index in [1.54, 1.807) is 12.1 Å². The van der Waals surface area contributed by atoms with E-state index in [1.807, 2.05) is 58.0 Å². The first kappa shape index (κ1) is 27.1. The van der Waals surface area contributed by atoms with E-state index in [2.05, 4.69) is 28.6 Å². The van der Waals surface area contributed by atoms with Crippen LogP contribution in [0.5, 0.6) is 0 Å². The Morgan fingerprint density at radius 1 is 1.21 bits per heavy atom. The Kier molecular flexibility index (Phi) is 8.82. The normalized spacial score (nSPS) is 17.7. The van der Waals surface area contributed by atoms with Gasteiger partial charge in [-0.25, -0.2) is 4.39 Å². The van der Waals surface area contributed by atoms with E-state index in [9.17, 15) is 14.3 Å². The van der Waals surface area contributed by atoms with Crippen molar-refractivity contribution in [1.29, 1.82) is 0 Å². The fourth-order valence-electron chi connectivity index (χ4n) is 3.77. The summed E-state index contributed by atoms with van der Waals surface area (Å²) in [5, 5.41) is 12.9. The molecule has 2 unspecified atom stereocenters. The minimum absolute atomic E-state index is 0.0360. The molecular weight excluding hydrogens is 487 g/mol. The third-order valence-corrected chi connectivity index (χ3v) is 11.1. The van der Waals surface area contributed by atoms with Crippen molar-refractivity contribution in [3.8, 4) is 0 Å². The van der Waals surface area contributed by atoms with Crippen molar-refractivity contribution in [2.24, 2.45) is 10.9 Å². The number of halogens is 1. The number of nitrogens with zero attached hydrogens (tertiary/aromatic N) is 1. The largest absolute Gasteiger partial charge is 0.394 e. The van der Waals surface area contributed by atoms with Crippen LogP contribution in [0.4, 0.5) is 10.1 Å². The van der Waals surface area contributed by atoms with Gasteiger partial charge in [-0.3, -0.25) is 9.79 Å². The van der Waals surface area contributed by atoms with Gasteiger partial charge in [0.25, 0.3) is 5.91 Å². The molecule has 1 fully saturated rings. The van der Waals surface area contributed by atoms with Crippen LogP contribution in [-0.4, -0.2) is 34.8 Å². The second-order valence-corrected chi connectivity index (χ2v) is 16.0. The molecular formula is C26H35FN2O2S3. The summed E-state index contributed by atoms with van der Waals surface area (Å²) in [4.78, 5) is 18.8. The van der Waals surface area contributed by atoms with Gasteiger partial charge < -0.3 is 10.4 Å². The van der Waals surface area contributed by atoms with Gasteiger partial charge in [0.15, 0.2) is 0 Å². The number of alkyl halides is 1. The van der Waals surface area contributed by atoms with E-state index in [0.29, 0.717) is 29.8 Å². The third kappa shape index (κ3) is 6.20. The Balaban J connectivity index is 1.82. The van der Waals surface area contributed by atoms with Gasteiger partial charge in [0.05, 0.1) is 24.0 Å². The maximum absolute atomic E-state index is 15.0. The van der Waals surface area contributed by atoms with Crippen LogP contribution in [-0.2, 0) is 0 Å². The summed E-state index contributed by atoms with van der Waals surface area (Å²) in [5.74, 6) is 0.552. The summed E-state index contributed by atoms with van der Waals surface area (Å²) in [6.07, 6.45) is 1.82. The molecule has 0 bridgehead atoms. The lowest BCUT2D eigenvalue weighted by Crippen LogP contribution is -2.30. The second kappa shape index (κ2) is 11.1. The van der Waals surface area contributed by atoms with E-state index >= 15 is 0 Å². The summed E-state index contributed by atoms with van der Waals surface area (Å²) in [6, 6.07) is 12.4. The molecule has 1 aliphatic carbocycles. The number of aliphatic hydroxyl groups is 1. The molecule has 4 nitrogen and oxygen atoms in total. The van der Waals surface area contributed by atoms with Crippen LogP contribution >= 0.6 is 31.4 Å². The maximum atomic E-state index is 15.0. The highest BCUT2D eigenvalue weighted by Crippen LogP contribution is 2.63. The predicted molar refractivity (Wildman–Crippen MR) is 149 cm³/mol. The lowest BCUT2D eigenvalue weighted by Gasteiger charge is -2.27. The SMILES string of the molecule is CCC(C)/C(=N\c1cc(C(=O)NC(CO)c2ccc(S(S)(S)CC)cc2)ccc1C)C1(F)CC1. The zero-order valence-corrected chi connectivity index (χ0v) is 22.8. The van der Waals surface area contributed by atoms with Crippen molar-refractivity contribution in [1.82, 2.24) is 5.32 Å². The summed E-state index contributed by atoms with van der Waals surface area (Å²) in [7, 11) is -1.45. The van der Waals surface area contributed by atoms with Crippen LogP contribution in [0.25, 0.3) is 0 Å². The Morgan fingerprint density at radius 3 is 2.38 bits per heavy atom. The third-order valence-electron chi connectivity index (χ3n) is 6.49. The van der Waals surface area contributed by atoms with Crippen molar-refractivity contribution in [3.63, 3.8) is 0 Å². The number of thiol groups is 2. The standard InChI is InChI=1S/C26H35FN2O2S3/c1-5-17(3)24(26(27)13-14-26)28-22-15-20(8-7-18(22)4)25(31)29-23(16-30)19-9-11-21(12-10-19)34(32,33)6-2/h7-12,15,17,23,30,32-33H,5-6,13-14,16H2,1-4H3,(H,29,31)/b28-24+. The molecule has 34 heavy (non-hydrogen) atoms. The minimum atomic E-state index is -1.45. The fourth-order valence-corrected chi connectivity index (χ4v) is 5.41. The quantitative estimate of drug-likeness (QED) is 0.155. The van der Waals surface area contributed by atoms with E-state index in [1.165, 1.54) is 0 Å². The number of aliphatic imine (C=N–C) groups is 1. The highest BCUT2D eigenvalue weighted by atomic mass is 33.5. The molecule has 1 amide bonds. The highest BCUT2D eigenvalue weighted by molar-refractivity contribution is 9.17. The number of carbonyl (C=O) groups is 1. The van der Waals surface area contributed by atoms with Gasteiger partial charge in [-0.15, -0.1) is 31.4 Å². The first-order valence-electron chi connectivity index (χ1n) is 11.7. The minimum Gasteiger partial charge on any atom is -0.394 e.